The maximum Gasteiger partial charge on any atom is 0.277 e. The fourth-order valence-corrected chi connectivity index (χ4v) is 2.88. The van der Waals surface area contributed by atoms with Crippen molar-refractivity contribution >= 4 is 29.0 Å². The molecule has 130 valence electrons. The molecule has 3 rings (SSSR count). The van der Waals surface area contributed by atoms with Gasteiger partial charge in [0.15, 0.2) is 5.82 Å². The lowest BCUT2D eigenvalue weighted by Crippen LogP contribution is -2.19. The van der Waals surface area contributed by atoms with Crippen molar-refractivity contribution in [2.45, 2.75) is 19.8 Å². The van der Waals surface area contributed by atoms with Gasteiger partial charge in [0.25, 0.3) is 11.4 Å². The third-order valence-corrected chi connectivity index (χ3v) is 4.40. The van der Waals surface area contributed by atoms with Crippen LogP contribution in [0, 0.1) is 0 Å². The first-order valence-corrected chi connectivity index (χ1v) is 8.18. The zero-order valence-corrected chi connectivity index (χ0v) is 15.1. The smallest absolute Gasteiger partial charge is 0.277 e. The van der Waals surface area contributed by atoms with E-state index in [0.717, 1.165) is 0 Å². The Labute approximate surface area is 152 Å². The van der Waals surface area contributed by atoms with E-state index in [4.69, 9.17) is 27.7 Å². The molecule has 0 spiro atoms. The first-order valence-electron chi connectivity index (χ1n) is 7.42. The van der Waals surface area contributed by atoms with Crippen LogP contribution in [-0.2, 0) is 7.05 Å². The predicted octanol–water partition coefficient (Wildman–Crippen LogP) is 3.42. The number of halogens is 2. The van der Waals surface area contributed by atoms with Crippen molar-refractivity contribution in [1.82, 2.24) is 19.9 Å². The van der Waals surface area contributed by atoms with Crippen LogP contribution >= 0.6 is 23.2 Å². The maximum atomic E-state index is 12.7. The molecule has 2 aromatic heterocycles. The van der Waals surface area contributed by atoms with Gasteiger partial charge in [-0.15, -0.1) is 0 Å². The van der Waals surface area contributed by atoms with E-state index >= 15 is 0 Å². The molecule has 0 aliphatic heterocycles. The van der Waals surface area contributed by atoms with Crippen LogP contribution in [0.3, 0.4) is 0 Å². The van der Waals surface area contributed by atoms with Crippen molar-refractivity contribution in [3.8, 4) is 11.5 Å². The maximum absolute atomic E-state index is 12.7. The van der Waals surface area contributed by atoms with Crippen LogP contribution in [0.2, 0.25) is 10.0 Å². The second-order valence-electron chi connectivity index (χ2n) is 5.78. The summed E-state index contributed by atoms with van der Waals surface area (Å²) >= 11 is 12.6. The number of hydrogen-bond acceptors (Lipinski definition) is 5. The number of hydrogen-bond donors (Lipinski definition) is 1. The molecule has 0 saturated carbocycles. The second-order valence-corrected chi connectivity index (χ2v) is 6.56. The number of H-pyrrole nitrogens is 1. The average molecular weight is 381 g/mol. The summed E-state index contributed by atoms with van der Waals surface area (Å²) in [4.78, 5) is 28.9. The molecule has 1 aromatic carbocycles. The quantitative estimate of drug-likeness (QED) is 0.699. The molecule has 9 heteroatoms. The monoisotopic (exact) mass is 380 g/mol. The third kappa shape index (κ3) is 3.01. The summed E-state index contributed by atoms with van der Waals surface area (Å²) in [6, 6.07) is 2.97. The standard InChI is InChI=1S/C16H14Cl2N4O3/c1-7(2)14-20-15(25-21-14)11-10(17)5-4-8(12(11)18)13(23)9-6-19-22(3)16(9)24/h4-7,19H,1-3H3. The van der Waals surface area contributed by atoms with E-state index in [-0.39, 0.29) is 38.5 Å². The van der Waals surface area contributed by atoms with Crippen LogP contribution in [0.5, 0.6) is 0 Å². The number of aromatic amines is 1. The van der Waals surface area contributed by atoms with Gasteiger partial charge in [-0.1, -0.05) is 42.2 Å². The van der Waals surface area contributed by atoms with Gasteiger partial charge in [-0.05, 0) is 12.1 Å². The van der Waals surface area contributed by atoms with Gasteiger partial charge in [0.2, 0.25) is 5.78 Å². The van der Waals surface area contributed by atoms with Gasteiger partial charge in [-0.3, -0.25) is 14.3 Å². The molecule has 0 unspecified atom stereocenters. The number of rotatable bonds is 4. The summed E-state index contributed by atoms with van der Waals surface area (Å²) in [5.41, 5.74) is -0.0773. The largest absolute Gasteiger partial charge is 0.334 e. The Morgan fingerprint density at radius 2 is 2.00 bits per heavy atom. The fraction of sp³-hybridized carbons (Fsp3) is 0.250. The van der Waals surface area contributed by atoms with E-state index in [1.807, 2.05) is 13.8 Å². The number of ketones is 1. The van der Waals surface area contributed by atoms with Gasteiger partial charge >= 0.3 is 0 Å². The lowest BCUT2D eigenvalue weighted by Gasteiger charge is -2.07. The minimum absolute atomic E-state index is 0.0222. The summed E-state index contributed by atoms with van der Waals surface area (Å²) in [5, 5.41) is 6.85. The number of benzene rings is 1. The first-order chi connectivity index (χ1) is 11.8. The molecule has 3 aromatic rings. The van der Waals surface area contributed by atoms with E-state index < -0.39 is 11.3 Å². The Balaban J connectivity index is 2.13. The van der Waals surface area contributed by atoms with Crippen molar-refractivity contribution in [1.29, 1.82) is 0 Å². The van der Waals surface area contributed by atoms with Crippen molar-refractivity contribution in [3.63, 3.8) is 0 Å². The van der Waals surface area contributed by atoms with Gasteiger partial charge in [0, 0.05) is 24.7 Å². The molecule has 2 heterocycles. The Kier molecular flexibility index (Phi) is 4.53. The molecule has 25 heavy (non-hydrogen) atoms. The van der Waals surface area contributed by atoms with Gasteiger partial charge < -0.3 is 9.62 Å². The molecule has 0 atom stereocenters. The molecular formula is C16H14Cl2N4O3. The van der Waals surface area contributed by atoms with E-state index in [9.17, 15) is 9.59 Å². The van der Waals surface area contributed by atoms with E-state index in [1.54, 1.807) is 0 Å². The summed E-state index contributed by atoms with van der Waals surface area (Å²) in [5.74, 6) is 0.157. The van der Waals surface area contributed by atoms with Crippen LogP contribution < -0.4 is 5.56 Å². The molecule has 1 N–H and O–H groups in total. The lowest BCUT2D eigenvalue weighted by atomic mass is 10.0. The minimum Gasteiger partial charge on any atom is -0.334 e. The number of nitrogens with one attached hydrogen (secondary N) is 1. The molecular weight excluding hydrogens is 367 g/mol. The van der Waals surface area contributed by atoms with E-state index in [1.165, 1.54) is 30.1 Å². The predicted molar refractivity (Wildman–Crippen MR) is 93.3 cm³/mol. The second kappa shape index (κ2) is 6.50. The Bertz CT molecular complexity index is 1020. The van der Waals surface area contributed by atoms with Gasteiger partial charge in [-0.2, -0.15) is 4.98 Å². The summed E-state index contributed by atoms with van der Waals surface area (Å²) in [6.45, 7) is 3.83. The van der Waals surface area contributed by atoms with E-state index in [2.05, 4.69) is 15.2 Å². The molecule has 0 aliphatic carbocycles. The number of carbonyl (C=O) groups is 1. The number of nitrogens with zero attached hydrogens (tertiary/aromatic N) is 3. The highest BCUT2D eigenvalue weighted by molar-refractivity contribution is 6.41. The van der Waals surface area contributed by atoms with Gasteiger partial charge in [-0.25, -0.2) is 0 Å². The highest BCUT2D eigenvalue weighted by atomic mass is 35.5. The van der Waals surface area contributed by atoms with Gasteiger partial charge in [0.05, 0.1) is 15.6 Å². The SMILES string of the molecule is CC(C)c1noc(-c2c(Cl)ccc(C(=O)c3c[nH]n(C)c3=O)c2Cl)n1. The Hall–Kier alpha value is -2.38. The van der Waals surface area contributed by atoms with Crippen molar-refractivity contribution in [3.05, 3.63) is 55.7 Å². The summed E-state index contributed by atoms with van der Waals surface area (Å²) in [6.07, 6.45) is 1.33. The highest BCUT2D eigenvalue weighted by Crippen LogP contribution is 2.37. The zero-order valence-electron chi connectivity index (χ0n) is 13.6. The first kappa shape index (κ1) is 17.4. The van der Waals surface area contributed by atoms with E-state index in [0.29, 0.717) is 5.82 Å². The van der Waals surface area contributed by atoms with Crippen LogP contribution in [0.4, 0.5) is 0 Å². The van der Waals surface area contributed by atoms with Crippen LogP contribution in [-0.4, -0.2) is 25.7 Å². The Morgan fingerprint density at radius 3 is 2.56 bits per heavy atom. The topological polar surface area (TPSA) is 93.8 Å². The molecule has 0 radical (unpaired) electrons. The number of aryl methyl sites for hydroxylation is 1. The van der Waals surface area contributed by atoms with Gasteiger partial charge in [0.1, 0.15) is 5.56 Å². The summed E-state index contributed by atoms with van der Waals surface area (Å²) in [7, 11) is 1.51. The Morgan fingerprint density at radius 1 is 1.28 bits per heavy atom. The zero-order chi connectivity index (χ0) is 18.3. The average Bonchev–Trinajstić information content (AvgIpc) is 3.16. The summed E-state index contributed by atoms with van der Waals surface area (Å²) < 4.78 is 6.43. The normalized spacial score (nSPS) is 11.3. The number of aromatic nitrogens is 4. The highest BCUT2D eigenvalue weighted by Gasteiger charge is 2.24. The van der Waals surface area contributed by atoms with Crippen LogP contribution in [0.1, 0.15) is 41.5 Å². The molecule has 7 nitrogen and oxygen atoms in total. The van der Waals surface area contributed by atoms with Crippen LogP contribution in [0.15, 0.2) is 27.6 Å². The third-order valence-electron chi connectivity index (χ3n) is 3.69. The van der Waals surface area contributed by atoms with Crippen molar-refractivity contribution in [2.24, 2.45) is 7.05 Å². The van der Waals surface area contributed by atoms with Crippen molar-refractivity contribution in [2.75, 3.05) is 0 Å². The molecule has 0 fully saturated rings. The molecule has 0 amide bonds. The van der Waals surface area contributed by atoms with Crippen molar-refractivity contribution < 1.29 is 9.32 Å². The minimum atomic E-state index is -0.520. The molecule has 0 saturated heterocycles. The molecule has 0 bridgehead atoms. The van der Waals surface area contributed by atoms with Crippen LogP contribution in [0.25, 0.3) is 11.5 Å². The lowest BCUT2D eigenvalue weighted by molar-refractivity contribution is 0.103. The molecule has 0 aliphatic rings. The fourth-order valence-electron chi connectivity index (χ4n) is 2.26. The number of carbonyl (C=O) groups excluding carboxylic acids is 1.